The number of nitrogens with two attached hydrogens (primary N) is 1. The number of nitrogens with one attached hydrogen (secondary N) is 2. The number of Topliss-reactive ketones (excluding diaryl/α,β-unsaturated/α-hetero) is 1. The van der Waals surface area contributed by atoms with Gasteiger partial charge in [0.05, 0.1) is 6.54 Å². The van der Waals surface area contributed by atoms with E-state index in [2.05, 4.69) is 9.97 Å². The van der Waals surface area contributed by atoms with Crippen LogP contribution in [0.15, 0.2) is 70.4 Å². The van der Waals surface area contributed by atoms with Gasteiger partial charge in [-0.05, 0) is 18.1 Å². The Bertz CT molecular complexity index is 1380. The summed E-state index contributed by atoms with van der Waals surface area (Å²) in [5, 5.41) is 0.817. The molecule has 0 bridgehead atoms. The molecule has 0 atom stereocenters. The summed E-state index contributed by atoms with van der Waals surface area (Å²) in [6.07, 6.45) is 3.29. The lowest BCUT2D eigenvalue weighted by Gasteiger charge is -2.25. The molecule has 0 radical (unpaired) electrons. The van der Waals surface area contributed by atoms with E-state index < -0.39 is 11.2 Å². The van der Waals surface area contributed by atoms with E-state index in [0.717, 1.165) is 29.3 Å². The zero-order chi connectivity index (χ0) is 23.4. The minimum atomic E-state index is -0.604. The Hall–Kier alpha value is -4.07. The molecule has 33 heavy (non-hydrogen) atoms. The van der Waals surface area contributed by atoms with Gasteiger partial charge in [-0.3, -0.25) is 19.1 Å². The van der Waals surface area contributed by atoms with Gasteiger partial charge in [0, 0.05) is 35.8 Å². The van der Waals surface area contributed by atoms with E-state index in [-0.39, 0.29) is 30.4 Å². The quantitative estimate of drug-likeness (QED) is 0.342. The van der Waals surface area contributed by atoms with Crippen LogP contribution in [0.1, 0.15) is 35.7 Å². The third kappa shape index (κ3) is 4.59. The number of benzene rings is 2. The highest BCUT2D eigenvalue weighted by molar-refractivity contribution is 6.09. The monoisotopic (exact) mass is 445 g/mol. The lowest BCUT2D eigenvalue weighted by molar-refractivity contribution is 0.1000. The molecular weight excluding hydrogens is 418 g/mol. The Balaban J connectivity index is 1.77. The van der Waals surface area contributed by atoms with E-state index in [1.54, 1.807) is 11.1 Å². The Morgan fingerprint density at radius 2 is 1.79 bits per heavy atom. The van der Waals surface area contributed by atoms with E-state index >= 15 is 0 Å². The van der Waals surface area contributed by atoms with Crippen LogP contribution in [0.4, 0.5) is 11.5 Å². The number of aromatic amines is 2. The number of H-pyrrole nitrogens is 2. The molecule has 2 heterocycles. The predicted molar refractivity (Wildman–Crippen MR) is 131 cm³/mol. The van der Waals surface area contributed by atoms with Gasteiger partial charge in [-0.2, -0.15) is 0 Å². The second-order valence-electron chi connectivity index (χ2n) is 8.01. The van der Waals surface area contributed by atoms with Gasteiger partial charge in [0.2, 0.25) is 0 Å². The van der Waals surface area contributed by atoms with E-state index in [1.807, 2.05) is 61.5 Å². The van der Waals surface area contributed by atoms with Gasteiger partial charge in [-0.1, -0.05) is 61.9 Å². The van der Waals surface area contributed by atoms with Gasteiger partial charge in [0.25, 0.3) is 5.56 Å². The van der Waals surface area contributed by atoms with Gasteiger partial charge in [0.1, 0.15) is 11.5 Å². The molecule has 0 amide bonds. The van der Waals surface area contributed by atoms with Crippen LogP contribution in [0.25, 0.3) is 10.9 Å². The summed E-state index contributed by atoms with van der Waals surface area (Å²) in [6, 6.07) is 17.1. The molecule has 0 spiro atoms. The summed E-state index contributed by atoms with van der Waals surface area (Å²) in [7, 11) is 0. The van der Waals surface area contributed by atoms with Gasteiger partial charge in [0.15, 0.2) is 5.78 Å². The summed E-state index contributed by atoms with van der Waals surface area (Å²) in [4.78, 5) is 45.8. The standard InChI is InChI=1S/C25H27N5O3/c1-2-3-13-30-23(26)22(24(32)28-25(30)33)29(15-17-9-5-4-6-10-17)16-21(31)19-14-27-20-12-8-7-11-18(19)20/h4-12,14,27H,2-3,13,15-16,26H2,1H3,(H,28,32,33). The Labute approximate surface area is 190 Å². The zero-order valence-electron chi connectivity index (χ0n) is 18.5. The topological polar surface area (TPSA) is 117 Å². The molecule has 170 valence electrons. The number of hydrogen-bond donors (Lipinski definition) is 3. The summed E-state index contributed by atoms with van der Waals surface area (Å²) in [5.74, 6) is -0.0895. The first kappa shape index (κ1) is 22.1. The zero-order valence-corrected chi connectivity index (χ0v) is 18.5. The molecule has 2 aromatic carbocycles. The molecule has 0 fully saturated rings. The fourth-order valence-corrected chi connectivity index (χ4v) is 4.00. The van der Waals surface area contributed by atoms with Crippen LogP contribution in [-0.2, 0) is 13.1 Å². The summed E-state index contributed by atoms with van der Waals surface area (Å²) in [5.41, 5.74) is 7.64. The largest absolute Gasteiger partial charge is 0.383 e. The van der Waals surface area contributed by atoms with Crippen LogP contribution in [0.5, 0.6) is 0 Å². The molecule has 0 aliphatic heterocycles. The van der Waals surface area contributed by atoms with Gasteiger partial charge >= 0.3 is 5.69 Å². The van der Waals surface area contributed by atoms with Crippen molar-refractivity contribution in [3.63, 3.8) is 0 Å². The molecule has 4 aromatic rings. The lowest BCUT2D eigenvalue weighted by Crippen LogP contribution is -2.40. The van der Waals surface area contributed by atoms with Gasteiger partial charge in [-0.15, -0.1) is 0 Å². The molecule has 0 aliphatic rings. The van der Waals surface area contributed by atoms with Crippen LogP contribution in [0, 0.1) is 0 Å². The van der Waals surface area contributed by atoms with Crippen molar-refractivity contribution < 1.29 is 4.79 Å². The average Bonchev–Trinajstić information content (AvgIpc) is 3.24. The molecule has 0 unspecified atom stereocenters. The van der Waals surface area contributed by atoms with E-state index in [1.165, 1.54) is 4.57 Å². The van der Waals surface area contributed by atoms with Crippen LogP contribution in [-0.4, -0.2) is 26.9 Å². The molecule has 8 nitrogen and oxygen atoms in total. The lowest BCUT2D eigenvalue weighted by atomic mass is 10.1. The summed E-state index contributed by atoms with van der Waals surface area (Å²) < 4.78 is 1.37. The molecule has 2 aromatic heterocycles. The molecule has 0 saturated carbocycles. The van der Waals surface area contributed by atoms with Crippen LogP contribution in [0.3, 0.4) is 0 Å². The number of rotatable bonds is 9. The number of carbonyl (C=O) groups is 1. The molecule has 0 saturated heterocycles. The first-order chi connectivity index (χ1) is 16.0. The maximum absolute atomic E-state index is 13.4. The first-order valence-corrected chi connectivity index (χ1v) is 11.0. The Kier molecular flexibility index (Phi) is 6.44. The number of para-hydroxylation sites is 1. The van der Waals surface area contributed by atoms with Crippen molar-refractivity contribution in [2.45, 2.75) is 32.9 Å². The van der Waals surface area contributed by atoms with Crippen LogP contribution >= 0.6 is 0 Å². The normalized spacial score (nSPS) is 11.1. The number of nitrogen functional groups attached to an aromatic ring is 1. The fourth-order valence-electron chi connectivity index (χ4n) is 4.00. The van der Waals surface area contributed by atoms with E-state index in [4.69, 9.17) is 5.73 Å². The maximum atomic E-state index is 13.4. The first-order valence-electron chi connectivity index (χ1n) is 11.0. The molecule has 4 rings (SSSR count). The van der Waals surface area contributed by atoms with Crippen molar-refractivity contribution in [3.8, 4) is 0 Å². The number of hydrogen-bond acceptors (Lipinski definition) is 5. The fraction of sp³-hybridized carbons (Fsp3) is 0.240. The van der Waals surface area contributed by atoms with Crippen molar-refractivity contribution in [1.82, 2.24) is 14.5 Å². The van der Waals surface area contributed by atoms with Crippen molar-refractivity contribution in [1.29, 1.82) is 0 Å². The van der Waals surface area contributed by atoms with Gasteiger partial charge < -0.3 is 15.6 Å². The molecular formula is C25H27N5O3. The highest BCUT2D eigenvalue weighted by atomic mass is 16.2. The highest BCUT2D eigenvalue weighted by Crippen LogP contribution is 2.23. The SMILES string of the molecule is CCCCn1c(N)c(N(CC(=O)c2c[nH]c3ccccc23)Cc2ccccc2)c(=O)[nH]c1=O. The van der Waals surface area contributed by atoms with Crippen molar-refractivity contribution >= 4 is 28.2 Å². The number of anilines is 2. The summed E-state index contributed by atoms with van der Waals surface area (Å²) in [6.45, 7) is 2.61. The second kappa shape index (κ2) is 9.60. The Morgan fingerprint density at radius 3 is 2.55 bits per heavy atom. The number of aromatic nitrogens is 3. The number of unbranched alkanes of at least 4 members (excludes halogenated alkanes) is 1. The number of carbonyl (C=O) groups excluding carboxylic acids is 1. The minimum absolute atomic E-state index is 0.0693. The molecule has 0 aliphatic carbocycles. The van der Waals surface area contributed by atoms with Crippen molar-refractivity contribution in [3.05, 3.63) is 92.8 Å². The highest BCUT2D eigenvalue weighted by Gasteiger charge is 2.23. The average molecular weight is 446 g/mol. The van der Waals surface area contributed by atoms with Crippen molar-refractivity contribution in [2.24, 2.45) is 0 Å². The van der Waals surface area contributed by atoms with Crippen molar-refractivity contribution in [2.75, 3.05) is 17.2 Å². The smallest absolute Gasteiger partial charge is 0.330 e. The van der Waals surface area contributed by atoms with Crippen LogP contribution < -0.4 is 21.9 Å². The number of ketones is 1. The maximum Gasteiger partial charge on any atom is 0.330 e. The second-order valence-corrected chi connectivity index (χ2v) is 8.01. The van der Waals surface area contributed by atoms with Gasteiger partial charge in [-0.25, -0.2) is 4.79 Å². The summed E-state index contributed by atoms with van der Waals surface area (Å²) >= 11 is 0. The van der Waals surface area contributed by atoms with E-state index in [9.17, 15) is 14.4 Å². The minimum Gasteiger partial charge on any atom is -0.383 e. The number of nitrogens with zero attached hydrogens (tertiary/aromatic N) is 2. The molecule has 4 N–H and O–H groups in total. The third-order valence-electron chi connectivity index (χ3n) is 5.71. The third-order valence-corrected chi connectivity index (χ3v) is 5.71. The van der Waals surface area contributed by atoms with Crippen LogP contribution in [0.2, 0.25) is 0 Å². The predicted octanol–water partition coefficient (Wildman–Crippen LogP) is 3.29. The van der Waals surface area contributed by atoms with E-state index in [0.29, 0.717) is 12.1 Å². The Morgan fingerprint density at radius 1 is 1.06 bits per heavy atom. The molecule has 8 heteroatoms. The number of fused-ring (bicyclic) bond motifs is 1.